The van der Waals surface area contributed by atoms with Gasteiger partial charge in [0.1, 0.15) is 0 Å². The summed E-state index contributed by atoms with van der Waals surface area (Å²) in [5.74, 6) is 0.798. The maximum Gasteiger partial charge on any atom is 0.307 e. The number of carbonyl (C=O) groups is 1. The third-order valence-corrected chi connectivity index (χ3v) is 2.76. The Morgan fingerprint density at radius 3 is 2.71 bits per heavy atom. The fourth-order valence-corrected chi connectivity index (χ4v) is 1.50. The highest BCUT2D eigenvalue weighted by Crippen LogP contribution is 2.29. The number of rotatable bonds is 6. The van der Waals surface area contributed by atoms with Crippen LogP contribution < -0.4 is 0 Å². The van der Waals surface area contributed by atoms with Gasteiger partial charge in [-0.05, 0) is 39.7 Å². The number of carbonyl (C=O) groups excluding carboxylic acids is 1. The summed E-state index contributed by atoms with van der Waals surface area (Å²) >= 11 is 0. The molecule has 1 unspecified atom stereocenters. The highest BCUT2D eigenvalue weighted by atomic mass is 16.5. The number of esters is 1. The molecule has 0 aromatic rings. The zero-order chi connectivity index (χ0) is 10.6. The van der Waals surface area contributed by atoms with E-state index in [0.717, 1.165) is 12.5 Å². The third kappa shape index (κ3) is 4.09. The smallest absolute Gasteiger partial charge is 0.307 e. The van der Waals surface area contributed by atoms with Crippen LogP contribution in [-0.4, -0.2) is 37.1 Å². The first kappa shape index (κ1) is 11.5. The van der Waals surface area contributed by atoms with Crippen LogP contribution in [-0.2, 0) is 9.53 Å². The maximum atomic E-state index is 11.2. The minimum atomic E-state index is -0.0809. The predicted octanol–water partition coefficient (Wildman–Crippen LogP) is 1.67. The Hall–Kier alpha value is -0.570. The molecule has 0 radical (unpaired) electrons. The van der Waals surface area contributed by atoms with Crippen molar-refractivity contribution in [3.05, 3.63) is 0 Å². The van der Waals surface area contributed by atoms with Crippen molar-refractivity contribution in [2.45, 2.75) is 39.2 Å². The van der Waals surface area contributed by atoms with E-state index >= 15 is 0 Å². The van der Waals surface area contributed by atoms with Gasteiger partial charge in [-0.15, -0.1) is 0 Å². The SMILES string of the molecule is CCOC(=O)CC(C)N(C)CC1CC1. The van der Waals surface area contributed by atoms with Gasteiger partial charge < -0.3 is 9.64 Å². The molecule has 1 fully saturated rings. The minimum Gasteiger partial charge on any atom is -0.466 e. The van der Waals surface area contributed by atoms with Crippen molar-refractivity contribution in [1.29, 1.82) is 0 Å². The molecule has 1 atom stereocenters. The van der Waals surface area contributed by atoms with Crippen LogP contribution in [0, 0.1) is 5.92 Å². The number of ether oxygens (including phenoxy) is 1. The fraction of sp³-hybridized carbons (Fsp3) is 0.909. The van der Waals surface area contributed by atoms with E-state index < -0.39 is 0 Å². The molecule has 0 saturated heterocycles. The molecule has 14 heavy (non-hydrogen) atoms. The van der Waals surface area contributed by atoms with E-state index in [4.69, 9.17) is 4.74 Å². The summed E-state index contributed by atoms with van der Waals surface area (Å²) in [6, 6.07) is 0.301. The quantitative estimate of drug-likeness (QED) is 0.609. The average molecular weight is 199 g/mol. The number of nitrogens with zero attached hydrogens (tertiary/aromatic N) is 1. The van der Waals surface area contributed by atoms with Crippen molar-refractivity contribution in [1.82, 2.24) is 4.90 Å². The summed E-state index contributed by atoms with van der Waals surface area (Å²) in [5, 5.41) is 0. The maximum absolute atomic E-state index is 11.2. The molecule has 0 aliphatic heterocycles. The first-order valence-electron chi connectivity index (χ1n) is 5.49. The fourth-order valence-electron chi connectivity index (χ4n) is 1.50. The minimum absolute atomic E-state index is 0.0809. The number of hydrogen-bond acceptors (Lipinski definition) is 3. The van der Waals surface area contributed by atoms with Crippen molar-refractivity contribution in [2.75, 3.05) is 20.2 Å². The highest BCUT2D eigenvalue weighted by Gasteiger charge is 2.25. The van der Waals surface area contributed by atoms with E-state index in [1.165, 1.54) is 12.8 Å². The lowest BCUT2D eigenvalue weighted by Crippen LogP contribution is -2.33. The average Bonchev–Trinajstić information content (AvgIpc) is 2.88. The predicted molar refractivity (Wildman–Crippen MR) is 56.1 cm³/mol. The van der Waals surface area contributed by atoms with Crippen LogP contribution in [0.25, 0.3) is 0 Å². The van der Waals surface area contributed by atoms with Crippen LogP contribution in [0.4, 0.5) is 0 Å². The molecule has 0 spiro atoms. The molecular weight excluding hydrogens is 178 g/mol. The van der Waals surface area contributed by atoms with E-state index in [-0.39, 0.29) is 5.97 Å². The van der Waals surface area contributed by atoms with Gasteiger partial charge in [0.2, 0.25) is 0 Å². The summed E-state index contributed by atoms with van der Waals surface area (Å²) in [5.41, 5.74) is 0. The molecule has 82 valence electrons. The molecule has 0 bridgehead atoms. The van der Waals surface area contributed by atoms with Gasteiger partial charge in [-0.25, -0.2) is 0 Å². The molecular formula is C11H21NO2. The standard InChI is InChI=1S/C11H21NO2/c1-4-14-11(13)7-9(2)12(3)8-10-5-6-10/h9-10H,4-8H2,1-3H3. The van der Waals surface area contributed by atoms with Gasteiger partial charge in [0, 0.05) is 12.6 Å². The van der Waals surface area contributed by atoms with E-state index in [9.17, 15) is 4.79 Å². The van der Waals surface area contributed by atoms with Gasteiger partial charge in [0.15, 0.2) is 0 Å². The summed E-state index contributed by atoms with van der Waals surface area (Å²) in [7, 11) is 2.09. The lowest BCUT2D eigenvalue weighted by atomic mass is 10.2. The molecule has 0 amide bonds. The molecule has 1 rings (SSSR count). The summed E-state index contributed by atoms with van der Waals surface area (Å²) in [4.78, 5) is 13.5. The molecule has 0 heterocycles. The highest BCUT2D eigenvalue weighted by molar-refractivity contribution is 5.69. The van der Waals surface area contributed by atoms with Crippen molar-refractivity contribution in [2.24, 2.45) is 5.92 Å². The largest absolute Gasteiger partial charge is 0.466 e. The van der Waals surface area contributed by atoms with Gasteiger partial charge in [-0.2, -0.15) is 0 Å². The second-order valence-electron chi connectivity index (χ2n) is 4.24. The summed E-state index contributed by atoms with van der Waals surface area (Å²) in [6.45, 7) is 5.54. The van der Waals surface area contributed by atoms with Crippen LogP contribution in [0.3, 0.4) is 0 Å². The van der Waals surface area contributed by atoms with Crippen molar-refractivity contribution < 1.29 is 9.53 Å². The molecule has 3 heteroatoms. The molecule has 1 aliphatic rings. The Kier molecular flexibility index (Phi) is 4.39. The Morgan fingerprint density at radius 1 is 1.57 bits per heavy atom. The Balaban J connectivity index is 2.17. The van der Waals surface area contributed by atoms with E-state index in [2.05, 4.69) is 18.9 Å². The summed E-state index contributed by atoms with van der Waals surface area (Å²) in [6.07, 6.45) is 3.23. The molecule has 1 saturated carbocycles. The van der Waals surface area contributed by atoms with E-state index in [1.54, 1.807) is 0 Å². The topological polar surface area (TPSA) is 29.5 Å². The van der Waals surface area contributed by atoms with Crippen LogP contribution in [0.1, 0.15) is 33.1 Å². The Labute approximate surface area is 86.4 Å². The van der Waals surface area contributed by atoms with Gasteiger partial charge in [0.05, 0.1) is 13.0 Å². The zero-order valence-corrected chi connectivity index (χ0v) is 9.45. The zero-order valence-electron chi connectivity index (χ0n) is 9.45. The van der Waals surface area contributed by atoms with Gasteiger partial charge in [-0.3, -0.25) is 4.79 Å². The summed E-state index contributed by atoms with van der Waals surface area (Å²) < 4.78 is 4.92. The third-order valence-electron chi connectivity index (χ3n) is 2.76. The van der Waals surface area contributed by atoms with Crippen LogP contribution in [0.5, 0.6) is 0 Å². The molecule has 0 aromatic carbocycles. The normalized spacial score (nSPS) is 18.3. The molecule has 1 aliphatic carbocycles. The lowest BCUT2D eigenvalue weighted by molar-refractivity contribution is -0.144. The number of hydrogen-bond donors (Lipinski definition) is 0. The molecule has 3 nitrogen and oxygen atoms in total. The Morgan fingerprint density at radius 2 is 2.21 bits per heavy atom. The van der Waals surface area contributed by atoms with E-state index in [0.29, 0.717) is 19.1 Å². The van der Waals surface area contributed by atoms with E-state index in [1.807, 2.05) is 6.92 Å². The van der Waals surface area contributed by atoms with Gasteiger partial charge in [0.25, 0.3) is 0 Å². The first-order valence-corrected chi connectivity index (χ1v) is 5.49. The second-order valence-corrected chi connectivity index (χ2v) is 4.24. The van der Waals surface area contributed by atoms with Crippen molar-refractivity contribution >= 4 is 5.97 Å². The first-order chi connectivity index (χ1) is 6.63. The van der Waals surface area contributed by atoms with Crippen LogP contribution in [0.15, 0.2) is 0 Å². The second kappa shape index (κ2) is 5.35. The van der Waals surface area contributed by atoms with Crippen molar-refractivity contribution in [3.8, 4) is 0 Å². The van der Waals surface area contributed by atoms with Gasteiger partial charge in [-0.1, -0.05) is 0 Å². The van der Waals surface area contributed by atoms with Gasteiger partial charge >= 0.3 is 5.97 Å². The van der Waals surface area contributed by atoms with Crippen LogP contribution in [0.2, 0.25) is 0 Å². The molecule has 0 aromatic heterocycles. The lowest BCUT2D eigenvalue weighted by Gasteiger charge is -2.23. The molecule has 0 N–H and O–H groups in total. The Bertz CT molecular complexity index is 190. The van der Waals surface area contributed by atoms with Crippen molar-refractivity contribution in [3.63, 3.8) is 0 Å². The monoisotopic (exact) mass is 199 g/mol. The van der Waals surface area contributed by atoms with Crippen LogP contribution >= 0.6 is 0 Å².